The van der Waals surface area contributed by atoms with E-state index in [1.54, 1.807) is 13.8 Å². The molecule has 0 atom stereocenters. The first kappa shape index (κ1) is 27.9. The molecule has 0 saturated heterocycles. The average Bonchev–Trinajstić information content (AvgIpc) is 2.88. The fraction of sp³-hybridized carbons (Fsp3) is 0.154. The van der Waals surface area contributed by atoms with Crippen LogP contribution in [0, 0.1) is 5.82 Å². The number of hydrogen-bond donors (Lipinski definition) is 4. The Kier molecular flexibility index (Phi) is 7.61. The average molecular weight is 555 g/mol. The molecule has 0 radical (unpaired) electrons. The second kappa shape index (κ2) is 10.9. The number of anilines is 3. The number of aromatic nitrogens is 4. The summed E-state index contributed by atoms with van der Waals surface area (Å²) in [5.41, 5.74) is 11.1. The second-order valence-corrected chi connectivity index (χ2v) is 8.83. The molecule has 1 aromatic carbocycles. The van der Waals surface area contributed by atoms with Gasteiger partial charge in [0.2, 0.25) is 5.82 Å². The molecule has 6 N–H and O–H groups in total. The van der Waals surface area contributed by atoms with Crippen LogP contribution < -0.4 is 22.1 Å². The van der Waals surface area contributed by atoms with Crippen LogP contribution in [0.5, 0.6) is 0 Å². The zero-order valence-corrected chi connectivity index (χ0v) is 21.0. The van der Waals surface area contributed by atoms with Crippen molar-refractivity contribution >= 4 is 29.0 Å². The fourth-order valence-electron chi connectivity index (χ4n) is 3.64. The van der Waals surface area contributed by atoms with E-state index in [1.165, 1.54) is 42.7 Å². The highest BCUT2D eigenvalue weighted by Gasteiger charge is 2.35. The van der Waals surface area contributed by atoms with Crippen LogP contribution in [0.15, 0.2) is 54.9 Å². The number of hydrogen-bond acceptors (Lipinski definition) is 8. The summed E-state index contributed by atoms with van der Waals surface area (Å²) in [5.74, 6) is -3.87. The molecule has 3 aromatic heterocycles. The Balaban J connectivity index is 1.69. The van der Waals surface area contributed by atoms with Gasteiger partial charge in [-0.1, -0.05) is 0 Å². The SMILES string of the molecule is CC(C)NC(=O)c1ccc(F)c(-c2ccc(N)c(C(=O)Nc3cnccc3-c3cc(N)nc(C(F)(F)F)n3)n2)c1. The Morgan fingerprint density at radius 2 is 1.65 bits per heavy atom. The number of amides is 2. The molecule has 0 bridgehead atoms. The number of nitrogen functional groups attached to an aromatic ring is 2. The molecule has 206 valence electrons. The van der Waals surface area contributed by atoms with E-state index in [4.69, 9.17) is 11.5 Å². The van der Waals surface area contributed by atoms with Crippen LogP contribution in [-0.2, 0) is 6.18 Å². The third kappa shape index (κ3) is 6.11. The summed E-state index contributed by atoms with van der Waals surface area (Å²) in [6, 6.07) is 8.72. The van der Waals surface area contributed by atoms with Gasteiger partial charge in [-0.15, -0.1) is 0 Å². The van der Waals surface area contributed by atoms with Gasteiger partial charge in [-0.3, -0.25) is 14.6 Å². The lowest BCUT2D eigenvalue weighted by molar-refractivity contribution is -0.144. The van der Waals surface area contributed by atoms with Crippen molar-refractivity contribution in [1.29, 1.82) is 0 Å². The fourth-order valence-corrected chi connectivity index (χ4v) is 3.64. The monoisotopic (exact) mass is 554 g/mol. The van der Waals surface area contributed by atoms with Crippen LogP contribution in [-0.4, -0.2) is 37.8 Å². The highest BCUT2D eigenvalue weighted by Crippen LogP contribution is 2.32. The maximum Gasteiger partial charge on any atom is 0.451 e. The normalized spacial score (nSPS) is 11.4. The van der Waals surface area contributed by atoms with Crippen LogP contribution in [0.4, 0.5) is 34.8 Å². The summed E-state index contributed by atoms with van der Waals surface area (Å²) < 4.78 is 54.4. The largest absolute Gasteiger partial charge is 0.451 e. The number of alkyl halides is 3. The number of nitrogens with one attached hydrogen (secondary N) is 2. The molecule has 2 amide bonds. The number of carbonyl (C=O) groups is 2. The van der Waals surface area contributed by atoms with E-state index in [2.05, 4.69) is 30.6 Å². The minimum atomic E-state index is -4.86. The van der Waals surface area contributed by atoms with Crippen molar-refractivity contribution in [2.75, 3.05) is 16.8 Å². The Hall–Kier alpha value is -5.14. The molecular formula is C26H22F4N8O2. The minimum Gasteiger partial charge on any atom is -0.397 e. The van der Waals surface area contributed by atoms with Crippen LogP contribution in [0.3, 0.4) is 0 Å². The maximum absolute atomic E-state index is 14.7. The summed E-state index contributed by atoms with van der Waals surface area (Å²) in [4.78, 5) is 40.5. The van der Waals surface area contributed by atoms with Crippen molar-refractivity contribution in [3.63, 3.8) is 0 Å². The van der Waals surface area contributed by atoms with E-state index >= 15 is 0 Å². The van der Waals surface area contributed by atoms with Gasteiger partial charge in [0.05, 0.1) is 29.0 Å². The van der Waals surface area contributed by atoms with E-state index in [0.717, 1.165) is 12.1 Å². The van der Waals surface area contributed by atoms with Gasteiger partial charge >= 0.3 is 6.18 Å². The van der Waals surface area contributed by atoms with Gasteiger partial charge in [-0.2, -0.15) is 13.2 Å². The Morgan fingerprint density at radius 1 is 0.900 bits per heavy atom. The zero-order chi connectivity index (χ0) is 29.2. The van der Waals surface area contributed by atoms with Gasteiger partial charge in [0.1, 0.15) is 11.6 Å². The first-order valence-corrected chi connectivity index (χ1v) is 11.7. The summed E-state index contributed by atoms with van der Waals surface area (Å²) in [5, 5.41) is 5.21. The molecule has 0 aliphatic heterocycles. The van der Waals surface area contributed by atoms with Gasteiger partial charge in [0, 0.05) is 35.0 Å². The third-order valence-electron chi connectivity index (χ3n) is 5.41. The van der Waals surface area contributed by atoms with Crippen molar-refractivity contribution in [3.05, 3.63) is 77.8 Å². The van der Waals surface area contributed by atoms with Gasteiger partial charge in [0.15, 0.2) is 5.69 Å². The van der Waals surface area contributed by atoms with Crippen LogP contribution >= 0.6 is 0 Å². The highest BCUT2D eigenvalue weighted by atomic mass is 19.4. The lowest BCUT2D eigenvalue weighted by Crippen LogP contribution is -2.30. The molecule has 4 rings (SSSR count). The second-order valence-electron chi connectivity index (χ2n) is 8.83. The molecule has 0 spiro atoms. The van der Waals surface area contributed by atoms with E-state index < -0.39 is 35.5 Å². The molecule has 4 aromatic rings. The van der Waals surface area contributed by atoms with Crippen LogP contribution in [0.2, 0.25) is 0 Å². The van der Waals surface area contributed by atoms with Crippen molar-refractivity contribution < 1.29 is 27.2 Å². The number of rotatable bonds is 6. The predicted octanol–water partition coefficient (Wildman–Crippen LogP) is 4.31. The third-order valence-corrected chi connectivity index (χ3v) is 5.41. The van der Waals surface area contributed by atoms with Crippen molar-refractivity contribution in [2.24, 2.45) is 0 Å². The number of benzene rings is 1. The quantitative estimate of drug-likeness (QED) is 0.256. The Morgan fingerprint density at radius 3 is 2.35 bits per heavy atom. The van der Waals surface area contributed by atoms with Crippen molar-refractivity contribution in [2.45, 2.75) is 26.1 Å². The number of carbonyl (C=O) groups excluding carboxylic acids is 2. The van der Waals surface area contributed by atoms with E-state index in [-0.39, 0.29) is 51.2 Å². The Labute approximate surface area is 224 Å². The van der Waals surface area contributed by atoms with Crippen LogP contribution in [0.1, 0.15) is 40.5 Å². The lowest BCUT2D eigenvalue weighted by atomic mass is 10.0. The highest BCUT2D eigenvalue weighted by molar-refractivity contribution is 6.08. The first-order chi connectivity index (χ1) is 18.8. The van der Waals surface area contributed by atoms with Crippen molar-refractivity contribution in [3.8, 4) is 22.5 Å². The number of pyridine rings is 2. The Bertz CT molecular complexity index is 1610. The topological polar surface area (TPSA) is 162 Å². The molecule has 0 fully saturated rings. The van der Waals surface area contributed by atoms with Gasteiger partial charge in [0.25, 0.3) is 11.8 Å². The molecule has 10 nitrogen and oxygen atoms in total. The van der Waals surface area contributed by atoms with Crippen molar-refractivity contribution in [1.82, 2.24) is 25.3 Å². The number of nitrogens with zero attached hydrogens (tertiary/aromatic N) is 4. The summed E-state index contributed by atoms with van der Waals surface area (Å²) >= 11 is 0. The molecule has 40 heavy (non-hydrogen) atoms. The molecule has 0 saturated carbocycles. The first-order valence-electron chi connectivity index (χ1n) is 11.7. The molecule has 3 heterocycles. The summed E-state index contributed by atoms with van der Waals surface area (Å²) in [6.07, 6.45) is -2.38. The van der Waals surface area contributed by atoms with Gasteiger partial charge in [-0.25, -0.2) is 19.3 Å². The van der Waals surface area contributed by atoms with Gasteiger partial charge < -0.3 is 22.1 Å². The van der Waals surface area contributed by atoms with E-state index in [9.17, 15) is 27.2 Å². The molecule has 14 heteroatoms. The molecule has 0 aliphatic rings. The summed E-state index contributed by atoms with van der Waals surface area (Å²) in [6.45, 7) is 3.55. The smallest absolute Gasteiger partial charge is 0.397 e. The standard InChI is InChI=1S/C26H22F4N8O2/c1-12(2)34-23(39)13-3-4-16(27)15(9-13)18-6-5-17(31)22(35-18)24(40)36-20-11-33-8-7-14(20)19-10-21(32)38-25(37-19)26(28,29)30/h3-12H,31H2,1-2H3,(H,34,39)(H,36,40)(H2,32,37,38). The predicted molar refractivity (Wildman–Crippen MR) is 139 cm³/mol. The van der Waals surface area contributed by atoms with E-state index in [0.29, 0.717) is 0 Å². The maximum atomic E-state index is 14.7. The number of nitrogens with two attached hydrogens (primary N) is 2. The van der Waals surface area contributed by atoms with Gasteiger partial charge in [-0.05, 0) is 50.2 Å². The molecule has 0 unspecified atom stereocenters. The molecule has 0 aliphatic carbocycles. The molecular weight excluding hydrogens is 532 g/mol. The summed E-state index contributed by atoms with van der Waals surface area (Å²) in [7, 11) is 0. The minimum absolute atomic E-state index is 0.0147. The lowest BCUT2D eigenvalue weighted by Gasteiger charge is -2.14. The zero-order valence-electron chi connectivity index (χ0n) is 21.0. The number of halogens is 4. The van der Waals surface area contributed by atoms with Crippen LogP contribution in [0.25, 0.3) is 22.5 Å². The van der Waals surface area contributed by atoms with E-state index in [1.807, 2.05) is 0 Å².